The molecule has 3 nitrogen and oxygen atoms in total. The molecule has 0 aromatic carbocycles. The van der Waals surface area contributed by atoms with Crippen LogP contribution in [0.5, 0.6) is 0 Å². The van der Waals surface area contributed by atoms with Gasteiger partial charge in [0.2, 0.25) is 0 Å². The second kappa shape index (κ2) is 3.58. The highest BCUT2D eigenvalue weighted by Gasteiger charge is 2.43. The molecule has 0 bridgehead atoms. The molecule has 0 amide bonds. The van der Waals surface area contributed by atoms with Gasteiger partial charge in [-0.2, -0.15) is 0 Å². The van der Waals surface area contributed by atoms with Crippen LogP contribution in [0.15, 0.2) is 22.8 Å². The first-order valence-corrected chi connectivity index (χ1v) is 4.88. The summed E-state index contributed by atoms with van der Waals surface area (Å²) in [6.07, 6.45) is 4.72. The van der Waals surface area contributed by atoms with Crippen molar-refractivity contribution in [2.75, 3.05) is 7.11 Å². The molecule has 0 N–H and O–H groups in total. The Morgan fingerprint density at radius 3 is 2.86 bits per heavy atom. The first-order valence-electron chi connectivity index (χ1n) is 4.88. The molecule has 76 valence electrons. The number of hydrogen-bond acceptors (Lipinski definition) is 3. The average molecular weight is 194 g/mol. The Morgan fingerprint density at radius 2 is 2.43 bits per heavy atom. The minimum Gasteiger partial charge on any atom is -0.469 e. The fourth-order valence-corrected chi connectivity index (χ4v) is 1.83. The van der Waals surface area contributed by atoms with Crippen LogP contribution < -0.4 is 0 Å². The Kier molecular flexibility index (Phi) is 2.42. The quantitative estimate of drug-likeness (QED) is 0.735. The fourth-order valence-electron chi connectivity index (χ4n) is 1.83. The van der Waals surface area contributed by atoms with E-state index in [1.165, 1.54) is 0 Å². The molecular weight excluding hydrogens is 180 g/mol. The molecule has 1 saturated carbocycles. The van der Waals surface area contributed by atoms with Crippen LogP contribution in [0.2, 0.25) is 0 Å². The zero-order valence-electron chi connectivity index (χ0n) is 8.29. The molecule has 0 atom stereocenters. The largest absolute Gasteiger partial charge is 0.469 e. The lowest BCUT2D eigenvalue weighted by atomic mass is 9.75. The minimum atomic E-state index is -0.507. The third-order valence-electron chi connectivity index (χ3n) is 2.98. The van der Waals surface area contributed by atoms with Gasteiger partial charge in [-0.1, -0.05) is 0 Å². The van der Waals surface area contributed by atoms with Crippen LogP contribution >= 0.6 is 0 Å². The van der Waals surface area contributed by atoms with E-state index in [-0.39, 0.29) is 5.78 Å². The summed E-state index contributed by atoms with van der Waals surface area (Å²) in [6, 6.07) is 3.61. The van der Waals surface area contributed by atoms with E-state index in [1.807, 2.05) is 6.07 Å². The van der Waals surface area contributed by atoms with Crippen molar-refractivity contribution in [1.29, 1.82) is 0 Å². The number of rotatable bonds is 4. The van der Waals surface area contributed by atoms with Gasteiger partial charge in [-0.05, 0) is 31.4 Å². The first-order chi connectivity index (χ1) is 6.77. The van der Waals surface area contributed by atoms with Gasteiger partial charge in [0.15, 0.2) is 5.78 Å². The Balaban J connectivity index is 2.01. The molecule has 14 heavy (non-hydrogen) atoms. The molecule has 2 rings (SSSR count). The van der Waals surface area contributed by atoms with Gasteiger partial charge in [0, 0.05) is 7.11 Å². The number of Topliss-reactive ketones (excluding diaryl/α,β-unsaturated/α-hetero) is 1. The Hall–Kier alpha value is -1.09. The number of carbonyl (C=O) groups is 1. The summed E-state index contributed by atoms with van der Waals surface area (Å²) in [5.74, 6) is 0.861. The van der Waals surface area contributed by atoms with Crippen molar-refractivity contribution >= 4 is 5.78 Å². The van der Waals surface area contributed by atoms with E-state index in [1.54, 1.807) is 19.4 Å². The molecule has 0 spiro atoms. The molecular formula is C11H14O3. The van der Waals surface area contributed by atoms with Crippen molar-refractivity contribution < 1.29 is 13.9 Å². The molecule has 1 fully saturated rings. The SMILES string of the molecule is COC1(C(=O)Cc2ccco2)CCC1. The third kappa shape index (κ3) is 1.48. The maximum absolute atomic E-state index is 11.9. The normalized spacial score (nSPS) is 18.9. The summed E-state index contributed by atoms with van der Waals surface area (Å²) in [7, 11) is 1.61. The molecule has 3 heteroatoms. The third-order valence-corrected chi connectivity index (χ3v) is 2.98. The van der Waals surface area contributed by atoms with Crippen LogP contribution in [0.3, 0.4) is 0 Å². The van der Waals surface area contributed by atoms with E-state index in [0.717, 1.165) is 25.0 Å². The zero-order valence-corrected chi connectivity index (χ0v) is 8.29. The summed E-state index contributed by atoms with van der Waals surface area (Å²) in [5, 5.41) is 0. The van der Waals surface area contributed by atoms with E-state index in [4.69, 9.17) is 9.15 Å². The molecule has 0 aliphatic heterocycles. The van der Waals surface area contributed by atoms with Gasteiger partial charge < -0.3 is 9.15 Å². The number of ether oxygens (including phenoxy) is 1. The molecule has 1 aliphatic carbocycles. The maximum atomic E-state index is 11.9. The lowest BCUT2D eigenvalue weighted by Crippen LogP contribution is -2.47. The molecule has 0 radical (unpaired) electrons. The van der Waals surface area contributed by atoms with Crippen molar-refractivity contribution in [2.45, 2.75) is 31.3 Å². The summed E-state index contributed by atoms with van der Waals surface area (Å²) < 4.78 is 10.4. The second-order valence-corrected chi connectivity index (χ2v) is 3.73. The van der Waals surface area contributed by atoms with Gasteiger partial charge in [0.05, 0.1) is 12.7 Å². The highest BCUT2D eigenvalue weighted by Crippen LogP contribution is 2.36. The molecule has 1 aromatic heterocycles. The van der Waals surface area contributed by atoms with Crippen molar-refractivity contribution in [3.63, 3.8) is 0 Å². The highest BCUT2D eigenvalue weighted by atomic mass is 16.5. The lowest BCUT2D eigenvalue weighted by molar-refractivity contribution is -0.151. The predicted molar refractivity (Wildman–Crippen MR) is 51.0 cm³/mol. The summed E-state index contributed by atoms with van der Waals surface area (Å²) in [4.78, 5) is 11.9. The number of hydrogen-bond donors (Lipinski definition) is 0. The summed E-state index contributed by atoms with van der Waals surface area (Å²) in [5.41, 5.74) is -0.507. The van der Waals surface area contributed by atoms with E-state index >= 15 is 0 Å². The van der Waals surface area contributed by atoms with Crippen LogP contribution in [0.25, 0.3) is 0 Å². The summed E-state index contributed by atoms with van der Waals surface area (Å²) >= 11 is 0. The van der Waals surface area contributed by atoms with Gasteiger partial charge in [-0.25, -0.2) is 0 Å². The monoisotopic (exact) mass is 194 g/mol. The van der Waals surface area contributed by atoms with Crippen molar-refractivity contribution in [2.24, 2.45) is 0 Å². The summed E-state index contributed by atoms with van der Waals surface area (Å²) in [6.45, 7) is 0. The van der Waals surface area contributed by atoms with Gasteiger partial charge >= 0.3 is 0 Å². The fraction of sp³-hybridized carbons (Fsp3) is 0.545. The molecule has 1 aliphatic rings. The molecule has 0 saturated heterocycles. The number of methoxy groups -OCH3 is 1. The number of furan rings is 1. The maximum Gasteiger partial charge on any atom is 0.172 e. The van der Waals surface area contributed by atoms with Crippen molar-refractivity contribution in [3.05, 3.63) is 24.2 Å². The van der Waals surface area contributed by atoms with Gasteiger partial charge in [0.25, 0.3) is 0 Å². The molecule has 1 heterocycles. The zero-order chi connectivity index (χ0) is 10.0. The van der Waals surface area contributed by atoms with Crippen LogP contribution in [0.1, 0.15) is 25.0 Å². The second-order valence-electron chi connectivity index (χ2n) is 3.73. The van der Waals surface area contributed by atoms with E-state index in [2.05, 4.69) is 0 Å². The smallest absolute Gasteiger partial charge is 0.172 e. The average Bonchev–Trinajstić information content (AvgIpc) is 2.55. The standard InChI is InChI=1S/C11H14O3/c1-13-11(5-3-6-11)10(12)8-9-4-2-7-14-9/h2,4,7H,3,5-6,8H2,1H3. The minimum absolute atomic E-state index is 0.140. The molecule has 1 aromatic rings. The van der Waals surface area contributed by atoms with E-state index in [0.29, 0.717) is 6.42 Å². The van der Waals surface area contributed by atoms with Crippen LogP contribution in [0, 0.1) is 0 Å². The van der Waals surface area contributed by atoms with Crippen LogP contribution in [-0.2, 0) is 16.0 Å². The van der Waals surface area contributed by atoms with E-state index < -0.39 is 5.60 Å². The Bertz CT molecular complexity index is 304. The predicted octanol–water partition coefficient (Wildman–Crippen LogP) is 1.96. The topological polar surface area (TPSA) is 39.4 Å². The Morgan fingerprint density at radius 1 is 1.64 bits per heavy atom. The van der Waals surface area contributed by atoms with Gasteiger partial charge in [0.1, 0.15) is 11.4 Å². The van der Waals surface area contributed by atoms with Gasteiger partial charge in [-0.15, -0.1) is 0 Å². The van der Waals surface area contributed by atoms with Crippen LogP contribution in [-0.4, -0.2) is 18.5 Å². The number of carbonyl (C=O) groups excluding carboxylic acids is 1. The number of ketones is 1. The molecule has 0 unspecified atom stereocenters. The van der Waals surface area contributed by atoms with Crippen molar-refractivity contribution in [1.82, 2.24) is 0 Å². The Labute approximate surface area is 83.0 Å². The van der Waals surface area contributed by atoms with Gasteiger partial charge in [-0.3, -0.25) is 4.79 Å². The van der Waals surface area contributed by atoms with Crippen LogP contribution in [0.4, 0.5) is 0 Å². The lowest BCUT2D eigenvalue weighted by Gasteiger charge is -2.38. The highest BCUT2D eigenvalue weighted by molar-refractivity contribution is 5.89. The van der Waals surface area contributed by atoms with E-state index in [9.17, 15) is 4.79 Å². The van der Waals surface area contributed by atoms with Crippen molar-refractivity contribution in [3.8, 4) is 0 Å². The first kappa shape index (κ1) is 9.46.